The van der Waals surface area contributed by atoms with Crippen LogP contribution in [0.4, 0.5) is 4.39 Å². The fourth-order valence-electron chi connectivity index (χ4n) is 2.58. The van der Waals surface area contributed by atoms with Gasteiger partial charge in [-0.05, 0) is 36.5 Å². The minimum atomic E-state index is -0.183. The molecule has 0 spiro atoms. The first-order valence-electron chi connectivity index (χ1n) is 6.67. The number of hydrogen-bond acceptors (Lipinski definition) is 1. The van der Waals surface area contributed by atoms with E-state index in [0.29, 0.717) is 12.0 Å². The maximum atomic E-state index is 12.9. The number of benzene rings is 1. The molecule has 3 heteroatoms. The summed E-state index contributed by atoms with van der Waals surface area (Å²) in [6.07, 6.45) is 5.48. The van der Waals surface area contributed by atoms with E-state index in [9.17, 15) is 4.39 Å². The lowest BCUT2D eigenvalue weighted by Gasteiger charge is -2.32. The molecule has 18 heavy (non-hydrogen) atoms. The Bertz CT molecular complexity index is 365. The molecule has 100 valence electrons. The number of ether oxygens (including phenoxy) is 1. The molecule has 1 nitrogen and oxygen atoms in total. The van der Waals surface area contributed by atoms with Crippen molar-refractivity contribution < 1.29 is 9.13 Å². The van der Waals surface area contributed by atoms with Crippen molar-refractivity contribution in [2.45, 2.75) is 44.8 Å². The van der Waals surface area contributed by atoms with Crippen molar-refractivity contribution in [3.63, 3.8) is 0 Å². The number of halogens is 2. The van der Waals surface area contributed by atoms with E-state index in [2.05, 4.69) is 29.5 Å². The van der Waals surface area contributed by atoms with Crippen LogP contribution in [0, 0.1) is 11.7 Å². The average molecular weight is 362 g/mol. The van der Waals surface area contributed by atoms with Crippen LogP contribution in [0.1, 0.15) is 44.3 Å². The van der Waals surface area contributed by atoms with E-state index in [1.54, 1.807) is 0 Å². The van der Waals surface area contributed by atoms with Gasteiger partial charge in [-0.3, -0.25) is 0 Å². The standard InChI is InChI=1S/C15H20FIO/c1-11-4-2-3-5-14(11)18-15(10-17)12-6-8-13(16)9-7-12/h6-9,11,14-15H,2-5,10H2,1H3. The minimum Gasteiger partial charge on any atom is -0.369 e. The van der Waals surface area contributed by atoms with Crippen LogP contribution >= 0.6 is 22.6 Å². The van der Waals surface area contributed by atoms with E-state index in [0.717, 1.165) is 16.4 Å². The molecule has 1 aromatic carbocycles. The van der Waals surface area contributed by atoms with Crippen LogP contribution in [-0.4, -0.2) is 10.5 Å². The van der Waals surface area contributed by atoms with Gasteiger partial charge in [-0.2, -0.15) is 0 Å². The lowest BCUT2D eigenvalue weighted by Crippen LogP contribution is -2.27. The summed E-state index contributed by atoms with van der Waals surface area (Å²) < 4.78 is 20.1. The van der Waals surface area contributed by atoms with E-state index >= 15 is 0 Å². The highest BCUT2D eigenvalue weighted by molar-refractivity contribution is 14.1. The second kappa shape index (κ2) is 6.85. The third kappa shape index (κ3) is 3.67. The Morgan fingerprint density at radius 3 is 2.56 bits per heavy atom. The Hall–Kier alpha value is -0.160. The third-order valence-electron chi connectivity index (χ3n) is 3.75. The lowest BCUT2D eigenvalue weighted by molar-refractivity contribution is -0.0461. The largest absolute Gasteiger partial charge is 0.369 e. The van der Waals surface area contributed by atoms with Crippen molar-refractivity contribution in [1.82, 2.24) is 0 Å². The van der Waals surface area contributed by atoms with Gasteiger partial charge in [0.15, 0.2) is 0 Å². The molecule has 0 bridgehead atoms. The summed E-state index contributed by atoms with van der Waals surface area (Å²) >= 11 is 2.35. The SMILES string of the molecule is CC1CCCCC1OC(CI)c1ccc(F)cc1. The Kier molecular flexibility index (Phi) is 5.42. The molecule has 0 aliphatic heterocycles. The first-order valence-corrected chi connectivity index (χ1v) is 8.20. The molecule has 1 saturated carbocycles. The molecular weight excluding hydrogens is 342 g/mol. The van der Waals surface area contributed by atoms with Crippen molar-refractivity contribution in [3.8, 4) is 0 Å². The molecule has 1 aromatic rings. The van der Waals surface area contributed by atoms with Crippen molar-refractivity contribution in [1.29, 1.82) is 0 Å². The predicted octanol–water partition coefficient (Wildman–Crippen LogP) is 4.90. The summed E-state index contributed by atoms with van der Waals surface area (Å²) in [4.78, 5) is 0. The second-order valence-corrected chi connectivity index (χ2v) is 6.01. The summed E-state index contributed by atoms with van der Waals surface area (Å²) in [5.74, 6) is 0.460. The molecule has 1 fully saturated rings. The van der Waals surface area contributed by atoms with Gasteiger partial charge in [0.05, 0.1) is 12.2 Å². The maximum absolute atomic E-state index is 12.9. The molecule has 3 atom stereocenters. The van der Waals surface area contributed by atoms with E-state index in [4.69, 9.17) is 4.74 Å². The van der Waals surface area contributed by atoms with E-state index in [-0.39, 0.29) is 11.9 Å². The summed E-state index contributed by atoms with van der Waals surface area (Å²) in [5.41, 5.74) is 1.09. The van der Waals surface area contributed by atoms with Gasteiger partial charge in [0.1, 0.15) is 5.82 Å². The monoisotopic (exact) mass is 362 g/mol. The highest BCUT2D eigenvalue weighted by Crippen LogP contribution is 2.31. The van der Waals surface area contributed by atoms with E-state index in [1.165, 1.54) is 31.4 Å². The highest BCUT2D eigenvalue weighted by Gasteiger charge is 2.25. The third-order valence-corrected chi connectivity index (χ3v) is 4.55. The van der Waals surface area contributed by atoms with E-state index in [1.807, 2.05) is 12.1 Å². The number of alkyl halides is 1. The van der Waals surface area contributed by atoms with Gasteiger partial charge in [0, 0.05) is 4.43 Å². The van der Waals surface area contributed by atoms with Crippen LogP contribution in [0.3, 0.4) is 0 Å². The van der Waals surface area contributed by atoms with Crippen LogP contribution in [0.2, 0.25) is 0 Å². The Morgan fingerprint density at radius 2 is 1.94 bits per heavy atom. The zero-order chi connectivity index (χ0) is 13.0. The Morgan fingerprint density at radius 1 is 1.28 bits per heavy atom. The molecule has 0 amide bonds. The Balaban J connectivity index is 2.02. The molecule has 0 aromatic heterocycles. The Labute approximate surface area is 122 Å². The molecule has 1 aliphatic rings. The molecule has 3 unspecified atom stereocenters. The van der Waals surface area contributed by atoms with Crippen molar-refractivity contribution in [3.05, 3.63) is 35.6 Å². The molecule has 0 N–H and O–H groups in total. The minimum absolute atomic E-state index is 0.0942. The van der Waals surface area contributed by atoms with Crippen LogP contribution < -0.4 is 0 Å². The number of hydrogen-bond donors (Lipinski definition) is 0. The quantitative estimate of drug-likeness (QED) is 0.547. The first-order chi connectivity index (χ1) is 8.70. The van der Waals surface area contributed by atoms with Crippen molar-refractivity contribution in [2.24, 2.45) is 5.92 Å². The summed E-state index contributed by atoms with van der Waals surface area (Å²) in [7, 11) is 0. The topological polar surface area (TPSA) is 9.23 Å². The summed E-state index contributed by atoms with van der Waals surface area (Å²) in [6, 6.07) is 6.71. The van der Waals surface area contributed by atoms with Gasteiger partial charge in [0.25, 0.3) is 0 Å². The van der Waals surface area contributed by atoms with Gasteiger partial charge < -0.3 is 4.74 Å². The zero-order valence-corrected chi connectivity index (χ0v) is 12.9. The molecular formula is C15H20FIO. The fraction of sp³-hybridized carbons (Fsp3) is 0.600. The molecule has 0 saturated heterocycles. The highest BCUT2D eigenvalue weighted by atomic mass is 127. The fourth-order valence-corrected chi connectivity index (χ4v) is 3.29. The van der Waals surface area contributed by atoms with Gasteiger partial charge >= 0.3 is 0 Å². The lowest BCUT2D eigenvalue weighted by atomic mass is 9.88. The summed E-state index contributed by atoms with van der Waals surface area (Å²) in [6.45, 7) is 2.28. The molecule has 0 heterocycles. The maximum Gasteiger partial charge on any atom is 0.123 e. The number of rotatable bonds is 4. The van der Waals surface area contributed by atoms with E-state index < -0.39 is 0 Å². The molecule has 0 radical (unpaired) electrons. The predicted molar refractivity (Wildman–Crippen MR) is 80.5 cm³/mol. The van der Waals surface area contributed by atoms with Crippen LogP contribution in [-0.2, 0) is 4.74 Å². The van der Waals surface area contributed by atoms with Gasteiger partial charge in [-0.25, -0.2) is 4.39 Å². The van der Waals surface area contributed by atoms with Gasteiger partial charge in [0.2, 0.25) is 0 Å². The second-order valence-electron chi connectivity index (χ2n) is 5.13. The van der Waals surface area contributed by atoms with Gasteiger partial charge in [-0.1, -0.05) is 54.5 Å². The average Bonchev–Trinajstić information content (AvgIpc) is 2.39. The van der Waals surface area contributed by atoms with Crippen LogP contribution in [0.5, 0.6) is 0 Å². The van der Waals surface area contributed by atoms with Crippen molar-refractivity contribution >= 4 is 22.6 Å². The summed E-state index contributed by atoms with van der Waals surface area (Å²) in [5, 5.41) is 0. The normalized spacial score (nSPS) is 25.9. The van der Waals surface area contributed by atoms with Crippen molar-refractivity contribution in [2.75, 3.05) is 4.43 Å². The smallest absolute Gasteiger partial charge is 0.123 e. The van der Waals surface area contributed by atoms with Crippen LogP contribution in [0.15, 0.2) is 24.3 Å². The molecule has 2 rings (SSSR count). The molecule has 1 aliphatic carbocycles. The van der Waals surface area contributed by atoms with Gasteiger partial charge in [-0.15, -0.1) is 0 Å². The first kappa shape index (κ1) is 14.3. The zero-order valence-electron chi connectivity index (χ0n) is 10.7. The van der Waals surface area contributed by atoms with Crippen LogP contribution in [0.25, 0.3) is 0 Å².